The van der Waals surface area contributed by atoms with Gasteiger partial charge in [-0.1, -0.05) is 26.1 Å². The highest BCUT2D eigenvalue weighted by atomic mass is 32.1. The van der Waals surface area contributed by atoms with Crippen LogP contribution in [-0.2, 0) is 0 Å². The van der Waals surface area contributed by atoms with E-state index in [1.54, 1.807) is 19.1 Å². The third-order valence-electron chi connectivity index (χ3n) is 2.81. The number of rotatable bonds is 4. The number of hydrogen-bond acceptors (Lipinski definition) is 3. The predicted octanol–water partition coefficient (Wildman–Crippen LogP) is 1.74. The highest BCUT2D eigenvalue weighted by molar-refractivity contribution is 7.80. The van der Waals surface area contributed by atoms with E-state index < -0.39 is 5.41 Å². The highest BCUT2D eigenvalue weighted by Gasteiger charge is 2.22. The van der Waals surface area contributed by atoms with Crippen LogP contribution < -0.4 is 11.1 Å². The predicted molar refractivity (Wildman–Crippen MR) is 75.7 cm³/mol. The molecule has 4 nitrogen and oxygen atoms in total. The Morgan fingerprint density at radius 3 is 2.61 bits per heavy atom. The maximum Gasteiger partial charge on any atom is 0.251 e. The standard InChI is InChI=1S/C13H18N2O2S/c1-8-6-9(16)4-5-10(8)11(17)15-7-13(2,3)12(14)18/h4-6,16H,7H2,1-3H3,(H2,14,18)(H,15,17). The smallest absolute Gasteiger partial charge is 0.251 e. The highest BCUT2D eigenvalue weighted by Crippen LogP contribution is 2.17. The maximum atomic E-state index is 12.0. The van der Waals surface area contributed by atoms with Gasteiger partial charge in [0.15, 0.2) is 0 Å². The van der Waals surface area contributed by atoms with Crippen LogP contribution in [0.5, 0.6) is 5.75 Å². The summed E-state index contributed by atoms with van der Waals surface area (Å²) >= 11 is 4.94. The van der Waals surface area contributed by atoms with E-state index in [4.69, 9.17) is 18.0 Å². The van der Waals surface area contributed by atoms with Gasteiger partial charge in [-0.15, -0.1) is 0 Å². The quantitative estimate of drug-likeness (QED) is 0.726. The van der Waals surface area contributed by atoms with Crippen LogP contribution in [0.4, 0.5) is 0 Å². The van der Waals surface area contributed by atoms with Gasteiger partial charge in [-0.3, -0.25) is 4.79 Å². The van der Waals surface area contributed by atoms with E-state index in [0.29, 0.717) is 17.1 Å². The van der Waals surface area contributed by atoms with Crippen molar-refractivity contribution in [3.8, 4) is 5.75 Å². The molecule has 18 heavy (non-hydrogen) atoms. The fraction of sp³-hybridized carbons (Fsp3) is 0.385. The average Bonchev–Trinajstić information content (AvgIpc) is 2.25. The number of carbonyl (C=O) groups is 1. The number of nitrogens with one attached hydrogen (secondary N) is 1. The Hall–Kier alpha value is -1.62. The zero-order chi connectivity index (χ0) is 13.9. The molecule has 0 heterocycles. The minimum absolute atomic E-state index is 0.146. The van der Waals surface area contributed by atoms with Gasteiger partial charge in [-0.2, -0.15) is 0 Å². The Labute approximate surface area is 112 Å². The van der Waals surface area contributed by atoms with Crippen molar-refractivity contribution in [1.82, 2.24) is 5.32 Å². The number of hydrogen-bond donors (Lipinski definition) is 3. The molecule has 0 aliphatic heterocycles. The maximum absolute atomic E-state index is 12.0. The summed E-state index contributed by atoms with van der Waals surface area (Å²) in [6.45, 7) is 5.90. The van der Waals surface area contributed by atoms with Crippen LogP contribution >= 0.6 is 12.2 Å². The van der Waals surface area contributed by atoms with Crippen LogP contribution in [0.3, 0.4) is 0 Å². The van der Waals surface area contributed by atoms with Crippen LogP contribution in [0, 0.1) is 12.3 Å². The number of phenols is 1. The average molecular weight is 266 g/mol. The lowest BCUT2D eigenvalue weighted by Gasteiger charge is -2.23. The van der Waals surface area contributed by atoms with Crippen LogP contribution in [0.25, 0.3) is 0 Å². The Bertz CT molecular complexity index is 484. The number of nitrogens with two attached hydrogens (primary N) is 1. The lowest BCUT2D eigenvalue weighted by molar-refractivity contribution is 0.0944. The summed E-state index contributed by atoms with van der Waals surface area (Å²) in [6.07, 6.45) is 0. The second-order valence-corrected chi connectivity index (χ2v) is 5.37. The second-order valence-electron chi connectivity index (χ2n) is 4.93. The molecule has 0 fully saturated rings. The Morgan fingerprint density at radius 1 is 1.50 bits per heavy atom. The summed E-state index contributed by atoms with van der Waals surface area (Å²) in [7, 11) is 0. The third-order valence-corrected chi connectivity index (χ3v) is 3.37. The van der Waals surface area contributed by atoms with Gasteiger partial charge in [0.2, 0.25) is 0 Å². The van der Waals surface area contributed by atoms with Gasteiger partial charge in [0, 0.05) is 17.5 Å². The molecule has 0 unspecified atom stereocenters. The van der Waals surface area contributed by atoms with E-state index in [1.165, 1.54) is 6.07 Å². The molecule has 1 rings (SSSR count). The first-order valence-electron chi connectivity index (χ1n) is 5.62. The van der Waals surface area contributed by atoms with Crippen molar-refractivity contribution in [3.63, 3.8) is 0 Å². The van der Waals surface area contributed by atoms with Crippen molar-refractivity contribution in [2.75, 3.05) is 6.54 Å². The van der Waals surface area contributed by atoms with Crippen molar-refractivity contribution >= 4 is 23.1 Å². The lowest BCUT2D eigenvalue weighted by atomic mass is 9.93. The number of aromatic hydroxyl groups is 1. The number of phenolic OH excluding ortho intramolecular Hbond substituents is 1. The molecule has 4 N–H and O–H groups in total. The minimum atomic E-state index is -0.421. The van der Waals surface area contributed by atoms with Crippen LogP contribution in [0.2, 0.25) is 0 Å². The normalized spacial score (nSPS) is 11.1. The largest absolute Gasteiger partial charge is 0.508 e. The number of aryl methyl sites for hydroxylation is 1. The fourth-order valence-electron chi connectivity index (χ4n) is 1.39. The number of thiocarbonyl (C=S) groups is 1. The summed E-state index contributed by atoms with van der Waals surface area (Å²) in [5.74, 6) is -0.0515. The summed E-state index contributed by atoms with van der Waals surface area (Å²) < 4.78 is 0. The van der Waals surface area contributed by atoms with Gasteiger partial charge < -0.3 is 16.2 Å². The molecule has 0 radical (unpaired) electrons. The number of amides is 1. The molecule has 0 saturated carbocycles. The first-order chi connectivity index (χ1) is 8.24. The second kappa shape index (κ2) is 5.35. The van der Waals surface area contributed by atoms with E-state index >= 15 is 0 Å². The molecule has 1 amide bonds. The monoisotopic (exact) mass is 266 g/mol. The van der Waals surface area contributed by atoms with E-state index in [-0.39, 0.29) is 11.7 Å². The van der Waals surface area contributed by atoms with Crippen LogP contribution in [0.15, 0.2) is 18.2 Å². The molecule has 0 saturated heterocycles. The van der Waals surface area contributed by atoms with Crippen molar-refractivity contribution in [2.45, 2.75) is 20.8 Å². The topological polar surface area (TPSA) is 75.3 Å². The Morgan fingerprint density at radius 2 is 2.11 bits per heavy atom. The Kier molecular flexibility index (Phi) is 4.29. The molecule has 5 heteroatoms. The van der Waals surface area contributed by atoms with Crippen molar-refractivity contribution in [1.29, 1.82) is 0 Å². The van der Waals surface area contributed by atoms with E-state index in [9.17, 15) is 9.90 Å². The third kappa shape index (κ3) is 3.43. The molecular weight excluding hydrogens is 248 g/mol. The molecule has 0 aliphatic carbocycles. The van der Waals surface area contributed by atoms with Crippen molar-refractivity contribution in [2.24, 2.45) is 11.1 Å². The molecule has 1 aromatic carbocycles. The zero-order valence-corrected chi connectivity index (χ0v) is 11.6. The lowest BCUT2D eigenvalue weighted by Crippen LogP contribution is -2.41. The fourth-order valence-corrected chi connectivity index (χ4v) is 1.46. The van der Waals surface area contributed by atoms with Gasteiger partial charge in [0.05, 0.1) is 4.99 Å². The summed E-state index contributed by atoms with van der Waals surface area (Å²) in [5, 5.41) is 12.1. The first-order valence-corrected chi connectivity index (χ1v) is 6.02. The minimum Gasteiger partial charge on any atom is -0.508 e. The van der Waals surface area contributed by atoms with E-state index in [0.717, 1.165) is 5.56 Å². The molecule has 0 spiro atoms. The van der Waals surface area contributed by atoms with Gasteiger partial charge in [-0.05, 0) is 30.7 Å². The molecule has 0 aliphatic rings. The van der Waals surface area contributed by atoms with Crippen LogP contribution in [-0.4, -0.2) is 22.5 Å². The molecule has 98 valence electrons. The zero-order valence-electron chi connectivity index (χ0n) is 10.8. The number of benzene rings is 1. The molecule has 0 atom stereocenters. The first kappa shape index (κ1) is 14.4. The summed E-state index contributed by atoms with van der Waals surface area (Å²) in [5.41, 5.74) is 6.43. The summed E-state index contributed by atoms with van der Waals surface area (Å²) in [6, 6.07) is 4.63. The summed E-state index contributed by atoms with van der Waals surface area (Å²) in [4.78, 5) is 12.3. The molecular formula is C13H18N2O2S. The van der Waals surface area contributed by atoms with E-state index in [1.807, 2.05) is 13.8 Å². The van der Waals surface area contributed by atoms with Crippen LogP contribution in [0.1, 0.15) is 29.8 Å². The van der Waals surface area contributed by atoms with Gasteiger partial charge >= 0.3 is 0 Å². The Balaban J connectivity index is 2.75. The van der Waals surface area contributed by atoms with Gasteiger partial charge in [0.25, 0.3) is 5.91 Å². The number of carbonyl (C=O) groups excluding carboxylic acids is 1. The van der Waals surface area contributed by atoms with Gasteiger partial charge in [-0.25, -0.2) is 0 Å². The van der Waals surface area contributed by atoms with Gasteiger partial charge in [0.1, 0.15) is 5.75 Å². The van der Waals surface area contributed by atoms with Crippen molar-refractivity contribution in [3.05, 3.63) is 29.3 Å². The van der Waals surface area contributed by atoms with E-state index in [2.05, 4.69) is 5.32 Å². The molecule has 0 bridgehead atoms. The van der Waals surface area contributed by atoms with Crippen molar-refractivity contribution < 1.29 is 9.90 Å². The molecule has 1 aromatic rings. The SMILES string of the molecule is Cc1cc(O)ccc1C(=O)NCC(C)(C)C(N)=S. The molecule has 0 aromatic heterocycles.